The van der Waals surface area contributed by atoms with Crippen molar-refractivity contribution < 1.29 is 0 Å². The van der Waals surface area contributed by atoms with Crippen molar-refractivity contribution in [3.05, 3.63) is 231 Å². The molecule has 9 aromatic carbocycles. The summed E-state index contributed by atoms with van der Waals surface area (Å²) in [6.07, 6.45) is 0. The van der Waals surface area contributed by atoms with E-state index in [4.69, 9.17) is 9.97 Å². The minimum atomic E-state index is -3.05. The van der Waals surface area contributed by atoms with Crippen LogP contribution in [-0.4, -0.2) is 27.2 Å². The molecule has 4 heterocycles. The monoisotopic (exact) mass is 818 g/mol. The lowest BCUT2D eigenvalue weighted by Gasteiger charge is -2.32. The molecule has 0 bridgehead atoms. The fourth-order valence-corrected chi connectivity index (χ4v) is 15.9. The maximum absolute atomic E-state index is 5.81. The van der Waals surface area contributed by atoms with Gasteiger partial charge in [-0.05, 0) is 45.9 Å². The van der Waals surface area contributed by atoms with Gasteiger partial charge in [0.05, 0.1) is 39.1 Å². The molecule has 0 fully saturated rings. The molecule has 0 saturated carbocycles. The average Bonchev–Trinajstić information content (AvgIpc) is 3.99. The lowest BCUT2D eigenvalue weighted by Crippen LogP contribution is -2.73. The summed E-state index contributed by atoms with van der Waals surface area (Å²) < 4.78 is 4.98. The van der Waals surface area contributed by atoms with Crippen LogP contribution in [0.4, 0.5) is 0 Å². The van der Waals surface area contributed by atoms with E-state index < -0.39 is 8.07 Å². The maximum atomic E-state index is 5.81. The van der Waals surface area contributed by atoms with E-state index in [9.17, 15) is 0 Å². The Bertz CT molecular complexity index is 3690. The van der Waals surface area contributed by atoms with Gasteiger partial charge in [0, 0.05) is 49.1 Å². The van der Waals surface area contributed by atoms with Gasteiger partial charge >= 0.3 is 0 Å². The van der Waals surface area contributed by atoms with E-state index in [1.54, 1.807) is 0 Å². The van der Waals surface area contributed by atoms with Crippen LogP contribution in [0.2, 0.25) is 0 Å². The van der Waals surface area contributed by atoms with Gasteiger partial charge < -0.3 is 9.13 Å². The van der Waals surface area contributed by atoms with Gasteiger partial charge in [-0.1, -0.05) is 200 Å². The number of rotatable bonds is 6. The predicted molar refractivity (Wildman–Crippen MR) is 264 cm³/mol. The summed E-state index contributed by atoms with van der Waals surface area (Å²) in [6, 6.07) is 83.9. The molecule has 0 amide bonds. The van der Waals surface area contributed by atoms with E-state index in [0.717, 1.165) is 44.9 Å². The molecule has 63 heavy (non-hydrogen) atoms. The van der Waals surface area contributed by atoms with Crippen LogP contribution in [0.1, 0.15) is 0 Å². The van der Waals surface area contributed by atoms with Crippen molar-refractivity contribution in [2.45, 2.75) is 0 Å². The van der Waals surface area contributed by atoms with Crippen LogP contribution in [0.5, 0.6) is 0 Å². The lowest BCUT2D eigenvalue weighted by atomic mass is 10.0. The van der Waals surface area contributed by atoms with Crippen molar-refractivity contribution in [2.24, 2.45) is 0 Å². The third-order valence-corrected chi connectivity index (χ3v) is 18.1. The van der Waals surface area contributed by atoms with Crippen molar-refractivity contribution in [3.63, 3.8) is 0 Å². The van der Waals surface area contributed by atoms with Crippen LogP contribution in [-0.2, 0) is 0 Å². The first kappa shape index (κ1) is 35.6. The number of para-hydroxylation sites is 4. The van der Waals surface area contributed by atoms with Gasteiger partial charge in [0.15, 0.2) is 13.9 Å². The van der Waals surface area contributed by atoms with Crippen molar-refractivity contribution in [1.82, 2.24) is 19.1 Å². The Balaban J connectivity index is 1.22. The van der Waals surface area contributed by atoms with Crippen molar-refractivity contribution in [3.8, 4) is 45.3 Å². The third-order valence-electron chi connectivity index (χ3n) is 13.2. The molecule has 13 rings (SSSR count). The van der Waals surface area contributed by atoms with Crippen molar-refractivity contribution >= 4 is 72.4 Å². The summed E-state index contributed by atoms with van der Waals surface area (Å²) in [5.41, 5.74) is 12.1. The highest BCUT2D eigenvalue weighted by atomic mass is 28.3. The molecular weight excluding hydrogens is 781 g/mol. The number of benzene rings is 9. The molecule has 0 radical (unpaired) electrons. The molecule has 0 saturated heterocycles. The zero-order valence-corrected chi connectivity index (χ0v) is 35.2. The topological polar surface area (TPSA) is 35.6 Å². The van der Waals surface area contributed by atoms with Crippen LogP contribution in [0.3, 0.4) is 0 Å². The highest BCUT2D eigenvalue weighted by Crippen LogP contribution is 2.44. The predicted octanol–water partition coefficient (Wildman–Crippen LogP) is 11.4. The van der Waals surface area contributed by atoms with Crippen LogP contribution < -0.4 is 20.7 Å². The van der Waals surface area contributed by atoms with Crippen LogP contribution in [0.15, 0.2) is 231 Å². The van der Waals surface area contributed by atoms with E-state index >= 15 is 0 Å². The van der Waals surface area contributed by atoms with E-state index in [0.29, 0.717) is 5.82 Å². The third kappa shape index (κ3) is 5.08. The molecule has 0 atom stereocenters. The maximum Gasteiger partial charge on any atom is 0.185 e. The van der Waals surface area contributed by atoms with Gasteiger partial charge in [0.1, 0.15) is 0 Å². The molecule has 294 valence electrons. The molecule has 0 aliphatic carbocycles. The fraction of sp³-hybridized carbons (Fsp3) is 0. The fourth-order valence-electron chi connectivity index (χ4n) is 10.7. The molecule has 12 aromatic rings. The Labute approximate surface area is 365 Å². The van der Waals surface area contributed by atoms with Crippen LogP contribution in [0.25, 0.3) is 88.9 Å². The SMILES string of the molecule is c1ccc(-c2nc(-c3ccccc3-n3c4ccccc4c4ccc5c6ccccc6n(-c6ccccc6)c5c43)c3c(n2)-c2ccccc2[Si]3(c2ccccc2)c2ccccc2)cc1. The summed E-state index contributed by atoms with van der Waals surface area (Å²) in [7, 11) is -3.05. The van der Waals surface area contributed by atoms with E-state index in [2.05, 4.69) is 240 Å². The van der Waals surface area contributed by atoms with Crippen LogP contribution >= 0.6 is 0 Å². The molecule has 4 nitrogen and oxygen atoms in total. The highest BCUT2D eigenvalue weighted by molar-refractivity contribution is 7.22. The van der Waals surface area contributed by atoms with E-state index in [1.807, 2.05) is 0 Å². The minimum absolute atomic E-state index is 0.716. The smallest absolute Gasteiger partial charge is 0.185 e. The van der Waals surface area contributed by atoms with Gasteiger partial charge in [-0.3, -0.25) is 0 Å². The normalized spacial score (nSPS) is 12.9. The Morgan fingerprint density at radius 3 is 1.44 bits per heavy atom. The first-order valence-electron chi connectivity index (χ1n) is 21.6. The summed E-state index contributed by atoms with van der Waals surface area (Å²) in [5.74, 6) is 0.716. The number of aromatic nitrogens is 4. The van der Waals surface area contributed by atoms with Gasteiger partial charge in [-0.2, -0.15) is 0 Å². The standard InChI is InChI=1S/C58H38N4Si/c1-5-21-39(22-6-1)58-59-53(57-54(60-58)48-32-16-20-36-52(48)63(57,41-25-9-3-10-26-41)42-27-11-4-12-28-42)47-31-15-19-35-51(47)62-50-34-18-14-30-44(50)46-38-37-45-43-29-13-17-33-49(43)61(55(45)56(46)62)40-23-7-2-8-24-40/h1-38H. The summed E-state index contributed by atoms with van der Waals surface area (Å²) >= 11 is 0. The summed E-state index contributed by atoms with van der Waals surface area (Å²) in [4.78, 5) is 11.4. The highest BCUT2D eigenvalue weighted by Gasteiger charge is 2.52. The quantitative estimate of drug-likeness (QED) is 0.157. The molecule has 5 heteroatoms. The molecule has 0 unspecified atom stereocenters. The van der Waals surface area contributed by atoms with Gasteiger partial charge in [-0.25, -0.2) is 9.97 Å². The Morgan fingerprint density at radius 2 is 0.810 bits per heavy atom. The van der Waals surface area contributed by atoms with Gasteiger partial charge in [0.25, 0.3) is 0 Å². The largest absolute Gasteiger partial charge is 0.307 e. The first-order chi connectivity index (χ1) is 31.3. The zero-order valence-electron chi connectivity index (χ0n) is 34.2. The number of fused-ring (bicyclic) bond motifs is 10. The molecule has 1 aliphatic heterocycles. The minimum Gasteiger partial charge on any atom is -0.307 e. The van der Waals surface area contributed by atoms with E-state index in [-0.39, 0.29) is 0 Å². The molecule has 0 spiro atoms. The molecule has 3 aromatic heterocycles. The number of hydrogen-bond donors (Lipinski definition) is 0. The Morgan fingerprint density at radius 1 is 0.349 bits per heavy atom. The number of hydrogen-bond acceptors (Lipinski definition) is 2. The second kappa shape index (κ2) is 14.0. The molecule has 0 N–H and O–H groups in total. The zero-order chi connectivity index (χ0) is 41.5. The first-order valence-corrected chi connectivity index (χ1v) is 23.6. The second-order valence-corrected chi connectivity index (χ2v) is 20.1. The molecular formula is C58H38N4Si. The second-order valence-electron chi connectivity index (χ2n) is 16.4. The van der Waals surface area contributed by atoms with E-state index in [1.165, 1.54) is 58.9 Å². The summed E-state index contributed by atoms with van der Waals surface area (Å²) in [5, 5.41) is 10.0. The Hall–Kier alpha value is -8.12. The Kier molecular flexibility index (Phi) is 7.89. The average molecular weight is 819 g/mol. The van der Waals surface area contributed by atoms with Gasteiger partial charge in [0.2, 0.25) is 0 Å². The number of nitrogens with zero attached hydrogens (tertiary/aromatic N) is 4. The summed E-state index contributed by atoms with van der Waals surface area (Å²) in [6.45, 7) is 0. The molecule has 1 aliphatic rings. The van der Waals surface area contributed by atoms with Crippen LogP contribution in [0, 0.1) is 0 Å². The lowest BCUT2D eigenvalue weighted by molar-refractivity contribution is 1.14. The van der Waals surface area contributed by atoms with Crippen molar-refractivity contribution in [1.29, 1.82) is 0 Å². The van der Waals surface area contributed by atoms with Gasteiger partial charge in [-0.15, -0.1) is 0 Å². The van der Waals surface area contributed by atoms with Crippen molar-refractivity contribution in [2.75, 3.05) is 0 Å².